The van der Waals surface area contributed by atoms with Crippen LogP contribution in [0.3, 0.4) is 0 Å². The number of hydrogen-bond acceptors (Lipinski definition) is 4. The zero-order chi connectivity index (χ0) is 13.0. The Balaban J connectivity index is 1.97. The molecular weight excluding hydrogens is 230 g/mol. The number of aromatic nitrogens is 1. The molecule has 1 aromatic carbocycles. The Labute approximate surface area is 106 Å². The maximum Gasteiger partial charge on any atom is 0.234 e. The van der Waals surface area contributed by atoms with Crippen molar-refractivity contribution in [2.45, 2.75) is 20.4 Å². The van der Waals surface area contributed by atoms with Crippen molar-refractivity contribution in [3.63, 3.8) is 0 Å². The lowest BCUT2D eigenvalue weighted by Gasteiger charge is -2.05. The Morgan fingerprint density at radius 1 is 1.44 bits per heavy atom. The van der Waals surface area contributed by atoms with Gasteiger partial charge in [0.15, 0.2) is 11.5 Å². The fourth-order valence-corrected chi connectivity index (χ4v) is 1.70. The first-order valence-electron chi connectivity index (χ1n) is 6.02. The summed E-state index contributed by atoms with van der Waals surface area (Å²) in [6, 6.07) is 5.75. The molecule has 0 unspecified atom stereocenters. The standard InChI is InChI=1S/C13H17N3O2/c1-3-14-8-13(17)15-7-10-4-5-11-12(6-10)18-9(2)16-11/h4-6,14H,3,7-8H2,1-2H3,(H,15,17). The highest BCUT2D eigenvalue weighted by Gasteiger charge is 2.04. The van der Waals surface area contributed by atoms with E-state index in [9.17, 15) is 4.79 Å². The molecule has 2 rings (SSSR count). The average Bonchev–Trinajstić information content (AvgIpc) is 2.73. The summed E-state index contributed by atoms with van der Waals surface area (Å²) in [5.74, 6) is 0.643. The molecule has 18 heavy (non-hydrogen) atoms. The Morgan fingerprint density at radius 2 is 2.28 bits per heavy atom. The summed E-state index contributed by atoms with van der Waals surface area (Å²) in [5.41, 5.74) is 2.60. The molecule has 0 radical (unpaired) electrons. The van der Waals surface area contributed by atoms with E-state index in [0.29, 0.717) is 19.0 Å². The number of benzene rings is 1. The molecule has 0 aliphatic rings. The number of nitrogens with one attached hydrogen (secondary N) is 2. The molecule has 96 valence electrons. The molecule has 2 aromatic rings. The van der Waals surface area contributed by atoms with Crippen molar-refractivity contribution in [3.8, 4) is 0 Å². The van der Waals surface area contributed by atoms with Crippen LogP contribution in [0.4, 0.5) is 0 Å². The highest BCUT2D eigenvalue weighted by atomic mass is 16.3. The van der Waals surface area contributed by atoms with Crippen molar-refractivity contribution in [3.05, 3.63) is 29.7 Å². The summed E-state index contributed by atoms with van der Waals surface area (Å²) in [6.07, 6.45) is 0. The normalized spacial score (nSPS) is 10.8. The van der Waals surface area contributed by atoms with Crippen LogP contribution in [0.15, 0.2) is 22.6 Å². The Morgan fingerprint density at radius 3 is 3.06 bits per heavy atom. The van der Waals surface area contributed by atoms with Crippen LogP contribution >= 0.6 is 0 Å². The molecule has 0 aliphatic carbocycles. The van der Waals surface area contributed by atoms with Gasteiger partial charge in [0.1, 0.15) is 5.52 Å². The van der Waals surface area contributed by atoms with Gasteiger partial charge in [-0.2, -0.15) is 0 Å². The molecule has 1 aromatic heterocycles. The molecule has 0 spiro atoms. The quantitative estimate of drug-likeness (QED) is 0.837. The third-order valence-electron chi connectivity index (χ3n) is 2.59. The average molecular weight is 247 g/mol. The summed E-state index contributed by atoms with van der Waals surface area (Å²) in [6.45, 7) is 5.42. The lowest BCUT2D eigenvalue weighted by Crippen LogP contribution is -2.33. The molecule has 0 bridgehead atoms. The monoisotopic (exact) mass is 247 g/mol. The molecule has 0 saturated heterocycles. The molecule has 1 amide bonds. The number of carbonyl (C=O) groups excluding carboxylic acids is 1. The maximum atomic E-state index is 11.4. The molecule has 1 heterocycles. The van der Waals surface area contributed by atoms with Gasteiger partial charge in [0.25, 0.3) is 0 Å². The second kappa shape index (κ2) is 5.64. The van der Waals surface area contributed by atoms with Gasteiger partial charge in [0.2, 0.25) is 5.91 Å². The molecule has 5 nitrogen and oxygen atoms in total. The van der Waals surface area contributed by atoms with Crippen LogP contribution in [0.2, 0.25) is 0 Å². The zero-order valence-electron chi connectivity index (χ0n) is 10.6. The van der Waals surface area contributed by atoms with Gasteiger partial charge in [-0.25, -0.2) is 4.98 Å². The van der Waals surface area contributed by atoms with Crippen molar-refractivity contribution in [2.75, 3.05) is 13.1 Å². The van der Waals surface area contributed by atoms with E-state index in [1.807, 2.05) is 32.0 Å². The second-order valence-corrected chi connectivity index (χ2v) is 4.09. The number of hydrogen-bond donors (Lipinski definition) is 2. The highest BCUT2D eigenvalue weighted by Crippen LogP contribution is 2.16. The first kappa shape index (κ1) is 12.6. The molecule has 5 heteroatoms. The van der Waals surface area contributed by atoms with E-state index in [1.165, 1.54) is 0 Å². The number of oxazole rings is 1. The van der Waals surface area contributed by atoms with Gasteiger partial charge in [0.05, 0.1) is 6.54 Å². The van der Waals surface area contributed by atoms with Gasteiger partial charge in [-0.15, -0.1) is 0 Å². The minimum absolute atomic E-state index is 0.00861. The molecule has 0 saturated carbocycles. The van der Waals surface area contributed by atoms with Crippen molar-refractivity contribution in [1.82, 2.24) is 15.6 Å². The predicted molar refractivity (Wildman–Crippen MR) is 69.1 cm³/mol. The van der Waals surface area contributed by atoms with E-state index in [-0.39, 0.29) is 5.91 Å². The van der Waals surface area contributed by atoms with E-state index in [2.05, 4.69) is 15.6 Å². The van der Waals surface area contributed by atoms with E-state index >= 15 is 0 Å². The summed E-state index contributed by atoms with van der Waals surface area (Å²) in [5, 5.41) is 5.82. The van der Waals surface area contributed by atoms with E-state index in [1.54, 1.807) is 0 Å². The zero-order valence-corrected chi connectivity index (χ0v) is 10.6. The van der Waals surface area contributed by atoms with Gasteiger partial charge < -0.3 is 15.1 Å². The van der Waals surface area contributed by atoms with Gasteiger partial charge in [0, 0.05) is 13.5 Å². The van der Waals surface area contributed by atoms with Crippen LogP contribution in [-0.2, 0) is 11.3 Å². The Bertz CT molecular complexity index is 548. The molecule has 0 aliphatic heterocycles. The van der Waals surface area contributed by atoms with Crippen molar-refractivity contribution >= 4 is 17.0 Å². The second-order valence-electron chi connectivity index (χ2n) is 4.09. The minimum Gasteiger partial charge on any atom is -0.441 e. The van der Waals surface area contributed by atoms with Crippen LogP contribution in [0.25, 0.3) is 11.1 Å². The van der Waals surface area contributed by atoms with Crippen LogP contribution < -0.4 is 10.6 Å². The van der Waals surface area contributed by atoms with E-state index in [0.717, 1.165) is 23.2 Å². The number of rotatable bonds is 5. The summed E-state index contributed by atoms with van der Waals surface area (Å²) in [7, 11) is 0. The lowest BCUT2D eigenvalue weighted by atomic mass is 10.2. The third-order valence-corrected chi connectivity index (χ3v) is 2.59. The molecular formula is C13H17N3O2. The first-order chi connectivity index (χ1) is 8.69. The van der Waals surface area contributed by atoms with Gasteiger partial charge in [-0.3, -0.25) is 4.79 Å². The van der Waals surface area contributed by atoms with E-state index in [4.69, 9.17) is 4.42 Å². The van der Waals surface area contributed by atoms with Crippen LogP contribution in [0, 0.1) is 6.92 Å². The van der Waals surface area contributed by atoms with Crippen LogP contribution in [0.5, 0.6) is 0 Å². The van der Waals surface area contributed by atoms with Crippen molar-refractivity contribution in [1.29, 1.82) is 0 Å². The molecule has 2 N–H and O–H groups in total. The minimum atomic E-state index is -0.00861. The number of likely N-dealkylation sites (N-methyl/N-ethyl adjacent to an activating group) is 1. The number of aryl methyl sites for hydroxylation is 1. The predicted octanol–water partition coefficient (Wildman–Crippen LogP) is 1.36. The fourth-order valence-electron chi connectivity index (χ4n) is 1.70. The Kier molecular flexibility index (Phi) is 3.94. The lowest BCUT2D eigenvalue weighted by molar-refractivity contribution is -0.120. The fraction of sp³-hybridized carbons (Fsp3) is 0.385. The number of carbonyl (C=O) groups is 1. The van der Waals surface area contributed by atoms with Crippen molar-refractivity contribution in [2.24, 2.45) is 0 Å². The summed E-state index contributed by atoms with van der Waals surface area (Å²) < 4.78 is 5.44. The third kappa shape index (κ3) is 3.07. The van der Waals surface area contributed by atoms with Crippen molar-refractivity contribution < 1.29 is 9.21 Å². The highest BCUT2D eigenvalue weighted by molar-refractivity contribution is 5.78. The number of fused-ring (bicyclic) bond motifs is 1. The van der Waals surface area contributed by atoms with Crippen LogP contribution in [0.1, 0.15) is 18.4 Å². The molecule has 0 atom stereocenters. The Hall–Kier alpha value is -1.88. The van der Waals surface area contributed by atoms with E-state index < -0.39 is 0 Å². The van der Waals surface area contributed by atoms with Gasteiger partial charge >= 0.3 is 0 Å². The topological polar surface area (TPSA) is 67.2 Å². The van der Waals surface area contributed by atoms with Gasteiger partial charge in [-0.05, 0) is 24.2 Å². The summed E-state index contributed by atoms with van der Waals surface area (Å²) in [4.78, 5) is 15.7. The maximum absolute atomic E-state index is 11.4. The largest absolute Gasteiger partial charge is 0.441 e. The summed E-state index contributed by atoms with van der Waals surface area (Å²) >= 11 is 0. The molecule has 0 fully saturated rings. The number of amides is 1. The van der Waals surface area contributed by atoms with Gasteiger partial charge in [-0.1, -0.05) is 13.0 Å². The first-order valence-corrected chi connectivity index (χ1v) is 6.02. The smallest absolute Gasteiger partial charge is 0.234 e. The SMILES string of the molecule is CCNCC(=O)NCc1ccc2nc(C)oc2c1. The van der Waals surface area contributed by atoms with Crippen LogP contribution in [-0.4, -0.2) is 24.0 Å². The number of nitrogens with zero attached hydrogens (tertiary/aromatic N) is 1.